The zero-order chi connectivity index (χ0) is 21.9. The first-order chi connectivity index (χ1) is 14.2. The maximum atomic E-state index is 12.4. The average molecular weight is 469 g/mol. The predicted molar refractivity (Wildman–Crippen MR) is 111 cm³/mol. The Kier molecular flexibility index (Phi) is 6.42. The highest BCUT2D eigenvalue weighted by molar-refractivity contribution is 7.89. The number of carbonyl (C=O) groups excluding carboxylic acids is 1. The van der Waals surface area contributed by atoms with Crippen LogP contribution in [-0.4, -0.2) is 31.2 Å². The van der Waals surface area contributed by atoms with Gasteiger partial charge >= 0.3 is 0 Å². The van der Waals surface area contributed by atoms with Crippen molar-refractivity contribution in [2.24, 2.45) is 0 Å². The largest absolute Gasteiger partial charge is 0.497 e. The van der Waals surface area contributed by atoms with E-state index in [0.29, 0.717) is 5.75 Å². The molecular formula is C18H14Cl2N4O5S. The predicted octanol–water partition coefficient (Wildman–Crippen LogP) is 2.17. The number of hydrogen-bond acceptors (Lipinski definition) is 6. The normalized spacial score (nSPS) is 11.2. The molecule has 0 unspecified atom stereocenters. The summed E-state index contributed by atoms with van der Waals surface area (Å²) in [6.07, 6.45) is 1.20. The average Bonchev–Trinajstić information content (AvgIpc) is 2.76. The van der Waals surface area contributed by atoms with Gasteiger partial charge in [0, 0.05) is 5.56 Å². The van der Waals surface area contributed by atoms with Gasteiger partial charge in [0.1, 0.15) is 10.8 Å². The van der Waals surface area contributed by atoms with Gasteiger partial charge in [-0.3, -0.25) is 15.0 Å². The molecule has 0 saturated heterocycles. The minimum absolute atomic E-state index is 0.00826. The zero-order valence-corrected chi connectivity index (χ0v) is 17.6. The molecule has 2 aromatic carbocycles. The molecule has 2 N–H and O–H groups in total. The number of hydrogen-bond donors (Lipinski definition) is 2. The lowest BCUT2D eigenvalue weighted by Gasteiger charge is -2.10. The van der Waals surface area contributed by atoms with Crippen molar-refractivity contribution in [3.8, 4) is 11.4 Å². The molecule has 30 heavy (non-hydrogen) atoms. The van der Waals surface area contributed by atoms with Crippen molar-refractivity contribution < 1.29 is 17.9 Å². The SMILES string of the molecule is COc1ccc(C(=O)NNS(=O)(=O)c2ccc(-n3ncc(Cl)c(Cl)c3=O)cc2)cc1. The summed E-state index contributed by atoms with van der Waals surface area (Å²) < 4.78 is 30.8. The Labute approximate surface area is 181 Å². The van der Waals surface area contributed by atoms with E-state index in [1.54, 1.807) is 12.1 Å². The molecule has 0 aliphatic rings. The van der Waals surface area contributed by atoms with Crippen LogP contribution in [0.2, 0.25) is 10.0 Å². The van der Waals surface area contributed by atoms with Gasteiger partial charge in [-0.1, -0.05) is 23.2 Å². The Morgan fingerprint density at radius 1 is 1.07 bits per heavy atom. The number of carbonyl (C=O) groups is 1. The van der Waals surface area contributed by atoms with E-state index in [0.717, 1.165) is 4.68 Å². The van der Waals surface area contributed by atoms with Crippen molar-refractivity contribution in [1.29, 1.82) is 0 Å². The van der Waals surface area contributed by atoms with Crippen LogP contribution in [0.4, 0.5) is 0 Å². The third-order valence-electron chi connectivity index (χ3n) is 3.92. The maximum absolute atomic E-state index is 12.4. The van der Waals surface area contributed by atoms with Crippen molar-refractivity contribution in [3.05, 3.63) is 80.7 Å². The Balaban J connectivity index is 1.74. The molecular weight excluding hydrogens is 455 g/mol. The third-order valence-corrected chi connectivity index (χ3v) is 5.93. The van der Waals surface area contributed by atoms with E-state index >= 15 is 0 Å². The van der Waals surface area contributed by atoms with Gasteiger partial charge in [-0.25, -0.2) is 8.42 Å². The molecule has 0 aliphatic heterocycles. The summed E-state index contributed by atoms with van der Waals surface area (Å²) in [4.78, 5) is 26.1. The number of rotatable bonds is 6. The summed E-state index contributed by atoms with van der Waals surface area (Å²) >= 11 is 11.6. The van der Waals surface area contributed by atoms with Crippen molar-refractivity contribution in [1.82, 2.24) is 20.0 Å². The Morgan fingerprint density at radius 2 is 1.70 bits per heavy atom. The Hall–Kier alpha value is -2.92. The number of halogens is 2. The van der Waals surface area contributed by atoms with Crippen LogP contribution in [0.15, 0.2) is 64.4 Å². The highest BCUT2D eigenvalue weighted by Gasteiger charge is 2.17. The van der Waals surface area contributed by atoms with Crippen molar-refractivity contribution in [2.75, 3.05) is 7.11 Å². The Bertz CT molecular complexity index is 1240. The molecule has 3 aromatic rings. The van der Waals surface area contributed by atoms with Crippen molar-refractivity contribution >= 4 is 39.1 Å². The highest BCUT2D eigenvalue weighted by atomic mass is 35.5. The van der Waals surface area contributed by atoms with Crippen LogP contribution >= 0.6 is 23.2 Å². The molecule has 9 nitrogen and oxygen atoms in total. The fourth-order valence-corrected chi connectivity index (χ4v) is 3.44. The lowest BCUT2D eigenvalue weighted by Crippen LogP contribution is -2.41. The summed E-state index contributed by atoms with van der Waals surface area (Å²) in [6, 6.07) is 11.3. The quantitative estimate of drug-likeness (QED) is 0.535. The summed E-state index contributed by atoms with van der Waals surface area (Å²) in [5, 5.41) is 3.67. The number of sulfonamides is 1. The van der Waals surface area contributed by atoms with Crippen LogP contribution in [0.3, 0.4) is 0 Å². The van der Waals surface area contributed by atoms with Gasteiger partial charge in [-0.15, -0.1) is 4.83 Å². The summed E-state index contributed by atoms with van der Waals surface area (Å²) in [5.74, 6) is -0.0906. The standard InChI is InChI=1S/C18H14Cl2N4O5S/c1-29-13-6-2-11(3-7-13)17(25)22-23-30(27,28)14-8-4-12(5-9-14)24-18(26)16(20)15(19)10-21-24/h2-10,23H,1H3,(H,22,25). The van der Waals surface area contributed by atoms with Gasteiger partial charge in [0.2, 0.25) is 0 Å². The van der Waals surface area contributed by atoms with E-state index in [1.165, 1.54) is 49.7 Å². The molecule has 0 radical (unpaired) electrons. The van der Waals surface area contributed by atoms with Gasteiger partial charge < -0.3 is 4.74 Å². The first-order valence-electron chi connectivity index (χ1n) is 8.23. The molecule has 0 bridgehead atoms. The number of ether oxygens (including phenoxy) is 1. The van der Waals surface area contributed by atoms with Crippen LogP contribution < -0.4 is 20.6 Å². The molecule has 0 spiro atoms. The van der Waals surface area contributed by atoms with E-state index in [1.807, 2.05) is 4.83 Å². The fraction of sp³-hybridized carbons (Fsp3) is 0.0556. The van der Waals surface area contributed by atoms with Gasteiger partial charge in [0.25, 0.3) is 21.5 Å². The lowest BCUT2D eigenvalue weighted by atomic mass is 10.2. The molecule has 12 heteroatoms. The number of methoxy groups -OCH3 is 1. The molecule has 0 atom stereocenters. The van der Waals surface area contributed by atoms with Gasteiger partial charge in [-0.05, 0) is 48.5 Å². The number of aromatic nitrogens is 2. The molecule has 156 valence electrons. The van der Waals surface area contributed by atoms with Gasteiger partial charge in [-0.2, -0.15) is 9.78 Å². The van der Waals surface area contributed by atoms with Gasteiger partial charge in [0.15, 0.2) is 0 Å². The number of nitrogens with one attached hydrogen (secondary N) is 2. The second-order valence-corrected chi connectivity index (χ2v) is 8.27. The van der Waals surface area contributed by atoms with Gasteiger partial charge in [0.05, 0.1) is 28.9 Å². The second kappa shape index (κ2) is 8.84. The van der Waals surface area contributed by atoms with E-state index < -0.39 is 21.5 Å². The molecule has 1 aromatic heterocycles. The van der Waals surface area contributed by atoms with E-state index in [2.05, 4.69) is 10.5 Å². The number of hydrazine groups is 1. The minimum atomic E-state index is -4.06. The minimum Gasteiger partial charge on any atom is -0.497 e. The number of nitrogens with zero attached hydrogens (tertiary/aromatic N) is 2. The van der Waals surface area contributed by atoms with E-state index in [9.17, 15) is 18.0 Å². The molecule has 0 saturated carbocycles. The third kappa shape index (κ3) is 4.62. The smallest absolute Gasteiger partial charge is 0.291 e. The highest BCUT2D eigenvalue weighted by Crippen LogP contribution is 2.17. The van der Waals surface area contributed by atoms with Crippen LogP contribution in [0.1, 0.15) is 10.4 Å². The first kappa shape index (κ1) is 21.8. The molecule has 0 aliphatic carbocycles. The van der Waals surface area contributed by atoms with Crippen LogP contribution in [0, 0.1) is 0 Å². The zero-order valence-electron chi connectivity index (χ0n) is 15.3. The first-order valence-corrected chi connectivity index (χ1v) is 10.5. The van der Waals surface area contributed by atoms with Crippen LogP contribution in [0.5, 0.6) is 5.75 Å². The van der Waals surface area contributed by atoms with Crippen molar-refractivity contribution in [2.45, 2.75) is 4.90 Å². The monoisotopic (exact) mass is 468 g/mol. The fourth-order valence-electron chi connectivity index (χ4n) is 2.35. The molecule has 1 amide bonds. The maximum Gasteiger partial charge on any atom is 0.291 e. The van der Waals surface area contributed by atoms with E-state index in [-0.39, 0.29) is 26.2 Å². The molecule has 0 fully saturated rings. The topological polar surface area (TPSA) is 119 Å². The summed E-state index contributed by atoms with van der Waals surface area (Å²) in [7, 11) is -2.57. The number of benzene rings is 2. The second-order valence-electron chi connectivity index (χ2n) is 5.81. The Morgan fingerprint density at radius 3 is 2.30 bits per heavy atom. The van der Waals surface area contributed by atoms with Crippen LogP contribution in [0.25, 0.3) is 5.69 Å². The van der Waals surface area contributed by atoms with E-state index in [4.69, 9.17) is 27.9 Å². The lowest BCUT2D eigenvalue weighted by molar-refractivity contribution is 0.0945. The summed E-state index contributed by atoms with van der Waals surface area (Å²) in [6.45, 7) is 0. The molecule has 1 heterocycles. The van der Waals surface area contributed by atoms with Crippen LogP contribution in [-0.2, 0) is 10.0 Å². The summed E-state index contributed by atoms with van der Waals surface area (Å²) in [5.41, 5.74) is 1.99. The number of amides is 1. The van der Waals surface area contributed by atoms with Crippen molar-refractivity contribution in [3.63, 3.8) is 0 Å². The molecule has 3 rings (SSSR count).